The van der Waals surface area contributed by atoms with Crippen LogP contribution in [0, 0.1) is 12.7 Å². The van der Waals surface area contributed by atoms with E-state index in [9.17, 15) is 18.8 Å². The molecule has 9 heteroatoms. The summed E-state index contributed by atoms with van der Waals surface area (Å²) in [4.78, 5) is 38.4. The summed E-state index contributed by atoms with van der Waals surface area (Å²) in [5.41, 5.74) is 1.57. The van der Waals surface area contributed by atoms with E-state index in [1.165, 1.54) is 22.5 Å². The van der Waals surface area contributed by atoms with Crippen molar-refractivity contribution in [1.82, 2.24) is 14.7 Å². The standard InChI is InChI=1S/C23H23FN4O3S/c1-14-20(23(31)28(27(14)2)16-9-4-3-5-10-16)26-21(29)18-13-32-19(22(30)25-18)12-15-8-6-7-11-17(15)24/h3-11,18-19H,12-13H2,1-2H3,(H,25,30)(H,26,29)/t18-,19-/m1/s1. The zero-order valence-corrected chi connectivity index (χ0v) is 18.5. The van der Waals surface area contributed by atoms with Gasteiger partial charge in [-0.25, -0.2) is 9.07 Å². The van der Waals surface area contributed by atoms with Gasteiger partial charge in [-0.2, -0.15) is 0 Å². The number of rotatable bonds is 5. The number of anilines is 1. The third kappa shape index (κ3) is 4.20. The molecule has 2 amide bonds. The number of aromatic nitrogens is 2. The van der Waals surface area contributed by atoms with Gasteiger partial charge in [-0.05, 0) is 37.1 Å². The topological polar surface area (TPSA) is 85.1 Å². The summed E-state index contributed by atoms with van der Waals surface area (Å²) in [6.07, 6.45) is 0.247. The molecule has 2 atom stereocenters. The molecular weight excluding hydrogens is 431 g/mol. The van der Waals surface area contributed by atoms with Gasteiger partial charge in [0.05, 0.1) is 16.6 Å². The second-order valence-electron chi connectivity index (χ2n) is 7.60. The first-order valence-corrected chi connectivity index (χ1v) is 11.2. The van der Waals surface area contributed by atoms with Gasteiger partial charge in [0, 0.05) is 12.8 Å². The second kappa shape index (κ2) is 9.04. The fourth-order valence-electron chi connectivity index (χ4n) is 3.67. The molecule has 1 saturated heterocycles. The SMILES string of the molecule is Cc1c(NC(=O)[C@H]2CS[C@H](Cc3ccccc3F)C(=O)N2)c(=O)n(-c2ccccc2)n1C. The molecular formula is C23H23FN4O3S. The second-order valence-corrected chi connectivity index (χ2v) is 8.84. The smallest absolute Gasteiger partial charge is 0.295 e. The van der Waals surface area contributed by atoms with Gasteiger partial charge in [-0.3, -0.25) is 19.1 Å². The van der Waals surface area contributed by atoms with E-state index in [4.69, 9.17) is 0 Å². The largest absolute Gasteiger partial charge is 0.343 e. The quantitative estimate of drug-likeness (QED) is 0.620. The van der Waals surface area contributed by atoms with Gasteiger partial charge in [0.2, 0.25) is 11.8 Å². The molecule has 2 aromatic carbocycles. The average Bonchev–Trinajstić information content (AvgIpc) is 3.00. The zero-order chi connectivity index (χ0) is 22.8. The van der Waals surface area contributed by atoms with Crippen molar-refractivity contribution in [1.29, 1.82) is 0 Å². The first-order chi connectivity index (χ1) is 15.4. The highest BCUT2D eigenvalue weighted by atomic mass is 32.2. The fraction of sp³-hybridized carbons (Fsp3) is 0.261. The molecule has 0 spiro atoms. The lowest BCUT2D eigenvalue weighted by molar-refractivity contribution is -0.126. The van der Waals surface area contributed by atoms with Crippen LogP contribution in [0.15, 0.2) is 59.4 Å². The van der Waals surface area contributed by atoms with Crippen molar-refractivity contribution in [3.8, 4) is 5.69 Å². The van der Waals surface area contributed by atoms with Crippen LogP contribution in [-0.4, -0.2) is 38.2 Å². The number of para-hydroxylation sites is 1. The Hall–Kier alpha value is -3.33. The number of nitrogens with zero attached hydrogens (tertiary/aromatic N) is 2. The van der Waals surface area contributed by atoms with Crippen LogP contribution in [0.2, 0.25) is 0 Å². The number of carbonyl (C=O) groups is 2. The van der Waals surface area contributed by atoms with Crippen LogP contribution in [0.5, 0.6) is 0 Å². The summed E-state index contributed by atoms with van der Waals surface area (Å²) < 4.78 is 17.1. The van der Waals surface area contributed by atoms with Crippen molar-refractivity contribution < 1.29 is 14.0 Å². The lowest BCUT2D eigenvalue weighted by Gasteiger charge is -2.28. The highest BCUT2D eigenvalue weighted by Gasteiger charge is 2.33. The highest BCUT2D eigenvalue weighted by Crippen LogP contribution is 2.24. The van der Waals surface area contributed by atoms with Gasteiger partial charge in [-0.15, -0.1) is 11.8 Å². The molecule has 0 radical (unpaired) electrons. The monoisotopic (exact) mass is 454 g/mol. The van der Waals surface area contributed by atoms with E-state index in [1.807, 2.05) is 18.2 Å². The van der Waals surface area contributed by atoms with Crippen molar-refractivity contribution >= 4 is 29.3 Å². The fourth-order valence-corrected chi connectivity index (χ4v) is 4.85. The number of benzene rings is 2. The van der Waals surface area contributed by atoms with Crippen LogP contribution in [0.4, 0.5) is 10.1 Å². The lowest BCUT2D eigenvalue weighted by Crippen LogP contribution is -2.53. The molecule has 0 unspecified atom stereocenters. The maximum atomic E-state index is 13.9. The molecule has 1 fully saturated rings. The van der Waals surface area contributed by atoms with Gasteiger partial charge < -0.3 is 10.6 Å². The van der Waals surface area contributed by atoms with Gasteiger partial charge >= 0.3 is 0 Å². The van der Waals surface area contributed by atoms with Gasteiger partial charge in [-0.1, -0.05) is 36.4 Å². The summed E-state index contributed by atoms with van der Waals surface area (Å²) in [7, 11) is 1.74. The zero-order valence-electron chi connectivity index (χ0n) is 17.7. The van der Waals surface area contributed by atoms with Crippen LogP contribution in [-0.2, 0) is 23.1 Å². The minimum absolute atomic E-state index is 0.175. The maximum absolute atomic E-state index is 13.9. The van der Waals surface area contributed by atoms with Crippen molar-refractivity contribution in [2.24, 2.45) is 7.05 Å². The van der Waals surface area contributed by atoms with E-state index in [0.717, 1.165) is 0 Å². The highest BCUT2D eigenvalue weighted by molar-refractivity contribution is 8.00. The normalized spacial score (nSPS) is 18.3. The lowest BCUT2D eigenvalue weighted by atomic mass is 10.1. The van der Waals surface area contributed by atoms with Crippen LogP contribution < -0.4 is 16.2 Å². The third-order valence-corrected chi connectivity index (χ3v) is 6.86. The molecule has 7 nitrogen and oxygen atoms in total. The molecule has 1 aliphatic rings. The molecule has 4 rings (SSSR count). The van der Waals surface area contributed by atoms with Crippen LogP contribution >= 0.6 is 11.8 Å². The van der Waals surface area contributed by atoms with Gasteiger partial charge in [0.15, 0.2) is 0 Å². The van der Waals surface area contributed by atoms with Crippen LogP contribution in [0.25, 0.3) is 5.69 Å². The van der Waals surface area contributed by atoms with E-state index in [-0.39, 0.29) is 29.4 Å². The van der Waals surface area contributed by atoms with E-state index in [2.05, 4.69) is 10.6 Å². The summed E-state index contributed by atoms with van der Waals surface area (Å²) in [6, 6.07) is 14.7. The van der Waals surface area contributed by atoms with Crippen LogP contribution in [0.1, 0.15) is 11.3 Å². The number of thioether (sulfide) groups is 1. The van der Waals surface area contributed by atoms with Crippen molar-refractivity contribution in [3.63, 3.8) is 0 Å². The summed E-state index contributed by atoms with van der Waals surface area (Å²) in [6.45, 7) is 1.75. The Morgan fingerprint density at radius 3 is 2.53 bits per heavy atom. The Balaban J connectivity index is 1.46. The predicted molar refractivity (Wildman–Crippen MR) is 123 cm³/mol. The van der Waals surface area contributed by atoms with Crippen molar-refractivity contribution in [2.75, 3.05) is 11.1 Å². The number of amides is 2. The molecule has 3 aromatic rings. The van der Waals surface area contributed by atoms with Crippen molar-refractivity contribution in [3.05, 3.63) is 82.0 Å². The van der Waals surface area contributed by atoms with Crippen LogP contribution in [0.3, 0.4) is 0 Å². The number of hydrogen-bond donors (Lipinski definition) is 2. The number of hydrogen-bond acceptors (Lipinski definition) is 4. The molecule has 1 aromatic heterocycles. The third-order valence-electron chi connectivity index (χ3n) is 5.56. The summed E-state index contributed by atoms with van der Waals surface area (Å²) >= 11 is 1.31. The number of nitrogens with one attached hydrogen (secondary N) is 2. The molecule has 0 bridgehead atoms. The maximum Gasteiger partial charge on any atom is 0.295 e. The van der Waals surface area contributed by atoms with E-state index < -0.39 is 17.2 Å². The van der Waals surface area contributed by atoms with E-state index in [1.54, 1.807) is 49.0 Å². The molecule has 2 heterocycles. The summed E-state index contributed by atoms with van der Waals surface area (Å²) in [5.74, 6) is -0.803. The Labute approximate surface area is 188 Å². The summed E-state index contributed by atoms with van der Waals surface area (Å²) in [5, 5.41) is 4.92. The number of carbonyl (C=O) groups excluding carboxylic acids is 2. The van der Waals surface area contributed by atoms with Gasteiger partial charge in [0.25, 0.3) is 5.56 Å². The Morgan fingerprint density at radius 2 is 1.84 bits per heavy atom. The van der Waals surface area contributed by atoms with Gasteiger partial charge in [0.1, 0.15) is 17.5 Å². The minimum atomic E-state index is -0.784. The first-order valence-electron chi connectivity index (χ1n) is 10.2. The Bertz CT molecular complexity index is 1220. The minimum Gasteiger partial charge on any atom is -0.343 e. The average molecular weight is 455 g/mol. The number of halogens is 1. The first kappa shape index (κ1) is 21.9. The van der Waals surface area contributed by atoms with Crippen molar-refractivity contribution in [2.45, 2.75) is 24.6 Å². The predicted octanol–water partition coefficient (Wildman–Crippen LogP) is 2.40. The Morgan fingerprint density at radius 1 is 1.16 bits per heavy atom. The molecule has 166 valence electrons. The van der Waals surface area contributed by atoms with E-state index >= 15 is 0 Å². The molecule has 0 saturated carbocycles. The molecule has 2 N–H and O–H groups in total. The van der Waals surface area contributed by atoms with E-state index in [0.29, 0.717) is 22.7 Å². The molecule has 0 aliphatic carbocycles. The molecule has 32 heavy (non-hydrogen) atoms. The molecule has 1 aliphatic heterocycles. The Kier molecular flexibility index (Phi) is 6.18.